The molecule has 0 spiro atoms. The summed E-state index contributed by atoms with van der Waals surface area (Å²) in [4.78, 5) is 33.7. The first-order chi connectivity index (χ1) is 16.7. The van der Waals surface area contributed by atoms with E-state index >= 15 is 0 Å². The molecule has 1 amide bonds. The maximum Gasteiger partial charge on any atom is 0.267 e. The van der Waals surface area contributed by atoms with E-state index in [1.807, 2.05) is 74.1 Å². The van der Waals surface area contributed by atoms with Crippen molar-refractivity contribution >= 4 is 56.7 Å². The minimum Gasteiger partial charge on any atom is -0.325 e. The van der Waals surface area contributed by atoms with Gasteiger partial charge in [-0.25, -0.2) is 4.98 Å². The van der Waals surface area contributed by atoms with Crippen LogP contribution in [-0.2, 0) is 17.0 Å². The fraction of sp³-hybridized carbons (Fsp3) is 0.296. The first kappa shape index (κ1) is 24.2. The number of benzene rings is 2. The number of thiophene rings is 1. The SMILES string of the molecule is Cc1ccc(-n2c(SCC(=O)Nc3ccccc3C)nc3sc4c(c3c2=O)CC(C)(C)SC4)cc1. The Morgan fingerprint density at radius 1 is 1.14 bits per heavy atom. The van der Waals surface area contributed by atoms with E-state index in [4.69, 9.17) is 4.98 Å². The Kier molecular flexibility index (Phi) is 6.55. The average Bonchev–Trinajstić information content (AvgIpc) is 3.17. The molecule has 3 heterocycles. The van der Waals surface area contributed by atoms with Gasteiger partial charge in [0.25, 0.3) is 5.56 Å². The Morgan fingerprint density at radius 2 is 1.89 bits per heavy atom. The second-order valence-corrected chi connectivity index (χ2v) is 13.1. The molecule has 0 fully saturated rings. The van der Waals surface area contributed by atoms with Crippen molar-refractivity contribution in [1.82, 2.24) is 9.55 Å². The van der Waals surface area contributed by atoms with Gasteiger partial charge in [-0.15, -0.1) is 23.1 Å². The van der Waals surface area contributed by atoms with Crippen LogP contribution >= 0.6 is 34.9 Å². The first-order valence-corrected chi connectivity index (χ1v) is 14.3. The van der Waals surface area contributed by atoms with E-state index < -0.39 is 0 Å². The highest BCUT2D eigenvalue weighted by molar-refractivity contribution is 8.00. The summed E-state index contributed by atoms with van der Waals surface area (Å²) in [6, 6.07) is 15.6. The molecule has 0 bridgehead atoms. The van der Waals surface area contributed by atoms with E-state index in [-0.39, 0.29) is 22.0 Å². The van der Waals surface area contributed by atoms with Crippen molar-refractivity contribution in [2.75, 3.05) is 11.1 Å². The number of carbonyl (C=O) groups excluding carboxylic acids is 1. The van der Waals surface area contributed by atoms with Crippen molar-refractivity contribution in [3.8, 4) is 5.69 Å². The lowest BCUT2D eigenvalue weighted by Gasteiger charge is -2.28. The van der Waals surface area contributed by atoms with Crippen LogP contribution in [0, 0.1) is 13.8 Å². The zero-order valence-electron chi connectivity index (χ0n) is 20.2. The molecule has 1 aliphatic rings. The topological polar surface area (TPSA) is 64.0 Å². The Balaban J connectivity index is 1.55. The molecule has 0 atom stereocenters. The third-order valence-corrected chi connectivity index (χ3v) is 9.72. The van der Waals surface area contributed by atoms with Crippen molar-refractivity contribution in [2.24, 2.45) is 0 Å². The summed E-state index contributed by atoms with van der Waals surface area (Å²) >= 11 is 4.83. The van der Waals surface area contributed by atoms with Crippen LogP contribution in [0.2, 0.25) is 0 Å². The summed E-state index contributed by atoms with van der Waals surface area (Å²) in [7, 11) is 0. The second-order valence-electron chi connectivity index (χ2n) is 9.43. The van der Waals surface area contributed by atoms with Crippen molar-refractivity contribution in [3.05, 3.63) is 80.5 Å². The van der Waals surface area contributed by atoms with Gasteiger partial charge in [-0.2, -0.15) is 0 Å². The molecule has 8 heteroatoms. The number of amides is 1. The molecular weight excluding hydrogens is 495 g/mol. The number of nitrogens with zero attached hydrogens (tertiary/aromatic N) is 2. The largest absolute Gasteiger partial charge is 0.325 e. The highest BCUT2D eigenvalue weighted by Crippen LogP contribution is 2.44. The lowest BCUT2D eigenvalue weighted by molar-refractivity contribution is -0.113. The van der Waals surface area contributed by atoms with E-state index in [9.17, 15) is 9.59 Å². The Bertz CT molecular complexity index is 1490. The third kappa shape index (κ3) is 4.92. The van der Waals surface area contributed by atoms with E-state index in [0.29, 0.717) is 5.16 Å². The van der Waals surface area contributed by atoms with Gasteiger partial charge in [0.05, 0.1) is 16.8 Å². The van der Waals surface area contributed by atoms with Gasteiger partial charge in [-0.3, -0.25) is 14.2 Å². The zero-order chi connectivity index (χ0) is 24.7. The predicted octanol–water partition coefficient (Wildman–Crippen LogP) is 6.36. The molecule has 1 N–H and O–H groups in total. The molecule has 2 aromatic heterocycles. The Morgan fingerprint density at radius 3 is 2.63 bits per heavy atom. The van der Waals surface area contributed by atoms with Gasteiger partial charge in [0.15, 0.2) is 5.16 Å². The van der Waals surface area contributed by atoms with E-state index in [2.05, 4.69) is 19.2 Å². The van der Waals surface area contributed by atoms with E-state index in [0.717, 1.165) is 50.5 Å². The van der Waals surface area contributed by atoms with Gasteiger partial charge in [-0.1, -0.05) is 61.5 Å². The number of aryl methyl sites for hydroxylation is 2. The molecule has 0 saturated carbocycles. The summed E-state index contributed by atoms with van der Waals surface area (Å²) < 4.78 is 1.76. The Hall–Kier alpha value is -2.55. The van der Waals surface area contributed by atoms with Crippen LogP contribution in [0.25, 0.3) is 15.9 Å². The zero-order valence-corrected chi connectivity index (χ0v) is 22.6. The molecule has 5 rings (SSSR count). The van der Waals surface area contributed by atoms with Crippen molar-refractivity contribution in [1.29, 1.82) is 0 Å². The molecule has 2 aromatic carbocycles. The molecule has 0 unspecified atom stereocenters. The summed E-state index contributed by atoms with van der Waals surface area (Å²) in [5.74, 6) is 0.929. The molecule has 0 radical (unpaired) electrons. The van der Waals surface area contributed by atoms with Crippen molar-refractivity contribution in [3.63, 3.8) is 0 Å². The molecule has 5 nitrogen and oxygen atoms in total. The summed E-state index contributed by atoms with van der Waals surface area (Å²) in [6.07, 6.45) is 0.850. The molecule has 1 aliphatic heterocycles. The van der Waals surface area contributed by atoms with Crippen molar-refractivity contribution < 1.29 is 4.79 Å². The molecule has 0 aliphatic carbocycles. The van der Waals surface area contributed by atoms with Gasteiger partial charge >= 0.3 is 0 Å². The maximum atomic E-state index is 14.0. The predicted molar refractivity (Wildman–Crippen MR) is 150 cm³/mol. The van der Waals surface area contributed by atoms with Crippen LogP contribution in [0.1, 0.15) is 35.4 Å². The number of anilines is 1. The number of thioether (sulfide) groups is 2. The number of hydrogen-bond donors (Lipinski definition) is 1. The number of rotatable bonds is 5. The van der Waals surface area contributed by atoms with Crippen LogP contribution in [0.5, 0.6) is 0 Å². The standard InChI is InChI=1S/C27H27N3O2S3/c1-16-9-11-18(12-10-16)30-25(32)23-19-13-27(3,4)34-14-21(19)35-24(23)29-26(30)33-15-22(31)28-20-8-6-5-7-17(20)2/h5-12H,13-15H2,1-4H3,(H,28,31). The fourth-order valence-corrected chi connectivity index (χ4v) is 7.42. The fourth-order valence-electron chi connectivity index (χ4n) is 4.22. The minimum absolute atomic E-state index is 0.0548. The number of fused-ring (bicyclic) bond motifs is 3. The van der Waals surface area contributed by atoms with Crippen LogP contribution in [-0.4, -0.2) is 26.0 Å². The number of nitrogens with one attached hydrogen (secondary N) is 1. The normalized spacial score (nSPS) is 14.6. The van der Waals surface area contributed by atoms with Gasteiger partial charge in [0.1, 0.15) is 4.83 Å². The second kappa shape index (κ2) is 9.48. The number of carbonyl (C=O) groups is 1. The third-order valence-electron chi connectivity index (χ3n) is 6.12. The summed E-state index contributed by atoms with van der Waals surface area (Å²) in [6.45, 7) is 8.45. The number of aromatic nitrogens is 2. The van der Waals surface area contributed by atoms with E-state index in [1.54, 1.807) is 15.9 Å². The van der Waals surface area contributed by atoms with Crippen LogP contribution in [0.15, 0.2) is 58.5 Å². The van der Waals surface area contributed by atoms with Gasteiger partial charge in [0, 0.05) is 21.1 Å². The van der Waals surface area contributed by atoms with Crippen LogP contribution in [0.3, 0.4) is 0 Å². The summed E-state index contributed by atoms with van der Waals surface area (Å²) in [5, 5.41) is 4.24. The average molecular weight is 522 g/mol. The number of para-hydroxylation sites is 1. The molecule has 35 heavy (non-hydrogen) atoms. The quantitative estimate of drug-likeness (QED) is 0.244. The lowest BCUT2D eigenvalue weighted by atomic mass is 10.00. The van der Waals surface area contributed by atoms with E-state index in [1.165, 1.54) is 16.6 Å². The molecule has 4 aromatic rings. The monoisotopic (exact) mass is 521 g/mol. The van der Waals surface area contributed by atoms with Crippen LogP contribution < -0.4 is 10.9 Å². The van der Waals surface area contributed by atoms with Gasteiger partial charge in [0.2, 0.25) is 5.91 Å². The highest BCUT2D eigenvalue weighted by Gasteiger charge is 2.31. The summed E-state index contributed by atoms with van der Waals surface area (Å²) in [5.41, 5.74) is 4.77. The lowest BCUT2D eigenvalue weighted by Crippen LogP contribution is -2.26. The number of hydrogen-bond acceptors (Lipinski definition) is 6. The smallest absolute Gasteiger partial charge is 0.267 e. The Labute approximate surface area is 217 Å². The van der Waals surface area contributed by atoms with Gasteiger partial charge in [-0.05, 0) is 49.6 Å². The maximum absolute atomic E-state index is 14.0. The van der Waals surface area contributed by atoms with Crippen LogP contribution in [0.4, 0.5) is 5.69 Å². The van der Waals surface area contributed by atoms with Gasteiger partial charge < -0.3 is 5.32 Å². The molecular formula is C27H27N3O2S3. The van der Waals surface area contributed by atoms with Crippen molar-refractivity contribution in [2.45, 2.75) is 49.8 Å². The first-order valence-electron chi connectivity index (χ1n) is 11.5. The highest BCUT2D eigenvalue weighted by atomic mass is 32.2. The molecule has 180 valence electrons. The molecule has 0 saturated heterocycles. The minimum atomic E-state index is -0.127.